The number of aliphatic hydroxyl groups is 1. The van der Waals surface area contributed by atoms with Crippen molar-refractivity contribution in [2.45, 2.75) is 82.3 Å². The maximum atomic E-state index is 13.5. The zero-order valence-corrected chi connectivity index (χ0v) is 23.7. The molecule has 1 aromatic heterocycles. The predicted molar refractivity (Wildman–Crippen MR) is 153 cm³/mol. The zero-order valence-electron chi connectivity index (χ0n) is 22.8. The van der Waals surface area contributed by atoms with Crippen LogP contribution >= 0.6 is 11.3 Å². The molecule has 7 heteroatoms. The summed E-state index contributed by atoms with van der Waals surface area (Å²) in [7, 11) is 3.69. The maximum absolute atomic E-state index is 13.5. The zero-order chi connectivity index (χ0) is 26.1. The third kappa shape index (κ3) is 7.47. The Balaban J connectivity index is 1.46. The van der Waals surface area contributed by atoms with Gasteiger partial charge >= 0.3 is 6.03 Å². The molecule has 1 saturated carbocycles. The molecule has 1 saturated heterocycles. The van der Waals surface area contributed by atoms with Crippen molar-refractivity contribution < 1.29 is 14.6 Å². The van der Waals surface area contributed by atoms with Crippen LogP contribution in [0.15, 0.2) is 30.3 Å². The fourth-order valence-electron chi connectivity index (χ4n) is 6.45. The summed E-state index contributed by atoms with van der Waals surface area (Å²) >= 11 is 1.70. The Morgan fingerprint density at radius 3 is 2.76 bits per heavy atom. The van der Waals surface area contributed by atoms with Gasteiger partial charge in [0.25, 0.3) is 0 Å². The van der Waals surface area contributed by atoms with Crippen molar-refractivity contribution in [1.29, 1.82) is 0 Å². The van der Waals surface area contributed by atoms with Crippen LogP contribution in [0.25, 0.3) is 10.1 Å². The molecule has 206 valence electrons. The molecule has 2 heterocycles. The third-order valence-corrected chi connectivity index (χ3v) is 9.80. The van der Waals surface area contributed by atoms with E-state index in [1.165, 1.54) is 42.2 Å². The highest BCUT2D eigenvalue weighted by Crippen LogP contribution is 2.44. The minimum atomic E-state index is -0.942. The fourth-order valence-corrected chi connectivity index (χ4v) is 7.71. The van der Waals surface area contributed by atoms with Crippen LogP contribution in [-0.2, 0) is 10.3 Å². The van der Waals surface area contributed by atoms with Crippen molar-refractivity contribution in [3.05, 3.63) is 35.2 Å². The number of nitrogens with zero attached hydrogens (tertiary/aromatic N) is 1. The smallest absolute Gasteiger partial charge is 0.317 e. The molecule has 1 unspecified atom stereocenters. The number of piperidine rings is 1. The molecule has 3 atom stereocenters. The summed E-state index contributed by atoms with van der Waals surface area (Å²) in [6, 6.07) is 10.7. The molecule has 1 aliphatic carbocycles. The lowest BCUT2D eigenvalue weighted by atomic mass is 9.77. The Hall–Kier alpha value is -1.67. The second kappa shape index (κ2) is 13.9. The van der Waals surface area contributed by atoms with Gasteiger partial charge in [0.2, 0.25) is 0 Å². The van der Waals surface area contributed by atoms with E-state index in [1.54, 1.807) is 18.4 Å². The molecular weight excluding hydrogens is 482 g/mol. The molecule has 2 fully saturated rings. The van der Waals surface area contributed by atoms with Crippen LogP contribution in [0.1, 0.15) is 75.5 Å². The molecular formula is C30H47N3O3S. The Bertz CT molecular complexity index is 943. The second-order valence-corrected chi connectivity index (χ2v) is 12.3. The summed E-state index contributed by atoms with van der Waals surface area (Å²) < 4.78 is 6.47. The maximum Gasteiger partial charge on any atom is 0.317 e. The van der Waals surface area contributed by atoms with Crippen LogP contribution in [0.4, 0.5) is 4.79 Å². The van der Waals surface area contributed by atoms with E-state index in [2.05, 4.69) is 41.0 Å². The van der Waals surface area contributed by atoms with Gasteiger partial charge in [0.1, 0.15) is 5.60 Å². The van der Waals surface area contributed by atoms with Crippen LogP contribution in [0, 0.1) is 11.8 Å². The van der Waals surface area contributed by atoms with Gasteiger partial charge in [-0.15, -0.1) is 11.3 Å². The van der Waals surface area contributed by atoms with Crippen LogP contribution in [0.2, 0.25) is 0 Å². The standard InChI is InChI=1S/C30H47N3O3S/c1-31-21-26(19-23-11-4-3-5-12-23)32-29(34)33-17-10-14-25(22-33)30(35,16-8-9-18-36-2)28-20-24-13-6-7-15-27(24)37-28/h6-7,13,15,20,23,25-26,31,35H,3-5,8-12,14,16-19,21-22H2,1-2H3,(H,32,34)/t25-,26?,30+/m1/s1. The number of ether oxygens (including phenoxy) is 1. The number of thiophene rings is 1. The van der Waals surface area contributed by atoms with E-state index >= 15 is 0 Å². The molecule has 2 amide bonds. The van der Waals surface area contributed by atoms with Gasteiger partial charge < -0.3 is 25.4 Å². The van der Waals surface area contributed by atoms with Crippen molar-refractivity contribution in [2.24, 2.45) is 11.8 Å². The summed E-state index contributed by atoms with van der Waals surface area (Å²) in [6.45, 7) is 2.85. The monoisotopic (exact) mass is 529 g/mol. The first-order valence-electron chi connectivity index (χ1n) is 14.4. The van der Waals surface area contributed by atoms with Gasteiger partial charge in [0.05, 0.1) is 0 Å². The molecule has 6 nitrogen and oxygen atoms in total. The van der Waals surface area contributed by atoms with E-state index in [-0.39, 0.29) is 18.0 Å². The van der Waals surface area contributed by atoms with E-state index < -0.39 is 5.60 Å². The van der Waals surface area contributed by atoms with Gasteiger partial charge in [-0.1, -0.05) is 50.3 Å². The lowest BCUT2D eigenvalue weighted by Gasteiger charge is -2.42. The van der Waals surface area contributed by atoms with Crippen molar-refractivity contribution in [3.63, 3.8) is 0 Å². The van der Waals surface area contributed by atoms with Gasteiger partial charge in [0.15, 0.2) is 0 Å². The van der Waals surface area contributed by atoms with Crippen molar-refractivity contribution in [3.8, 4) is 0 Å². The first-order chi connectivity index (χ1) is 18.0. The van der Waals surface area contributed by atoms with Crippen LogP contribution in [-0.4, -0.2) is 62.5 Å². The molecule has 37 heavy (non-hydrogen) atoms. The topological polar surface area (TPSA) is 73.8 Å². The Kier molecular flexibility index (Phi) is 10.7. The SMILES string of the molecule is CNCC(CC1CCCCC1)NC(=O)N1CCC[C@@H]([C@@](O)(CCCCOC)c2cc3ccccc3s2)C1. The number of hydrogen-bond donors (Lipinski definition) is 3. The summed E-state index contributed by atoms with van der Waals surface area (Å²) in [4.78, 5) is 16.5. The number of unbranched alkanes of at least 4 members (excludes halogenated alkanes) is 1. The summed E-state index contributed by atoms with van der Waals surface area (Å²) in [5.41, 5.74) is -0.942. The number of fused-ring (bicyclic) bond motifs is 1. The number of carbonyl (C=O) groups excluding carboxylic acids is 1. The molecule has 1 aliphatic heterocycles. The lowest BCUT2D eigenvalue weighted by Crippen LogP contribution is -2.53. The third-order valence-electron chi connectivity index (χ3n) is 8.51. The highest BCUT2D eigenvalue weighted by Gasteiger charge is 2.42. The summed E-state index contributed by atoms with van der Waals surface area (Å²) in [6.07, 6.45) is 12.0. The predicted octanol–water partition coefficient (Wildman–Crippen LogP) is 5.89. The van der Waals surface area contributed by atoms with E-state index in [1.807, 2.05) is 11.9 Å². The number of urea groups is 1. The van der Waals surface area contributed by atoms with Gasteiger partial charge in [-0.25, -0.2) is 4.79 Å². The van der Waals surface area contributed by atoms with Gasteiger partial charge in [-0.3, -0.25) is 0 Å². The van der Waals surface area contributed by atoms with E-state index in [0.29, 0.717) is 25.5 Å². The molecule has 3 N–H and O–H groups in total. The number of benzene rings is 1. The average molecular weight is 530 g/mol. The van der Waals surface area contributed by atoms with E-state index in [9.17, 15) is 9.90 Å². The first kappa shape index (κ1) is 28.3. The van der Waals surface area contributed by atoms with Crippen molar-refractivity contribution in [1.82, 2.24) is 15.5 Å². The number of amides is 2. The number of hydrogen-bond acceptors (Lipinski definition) is 5. The number of rotatable bonds is 12. The molecule has 2 aromatic rings. The number of likely N-dealkylation sites (N-methyl/N-ethyl adjacent to an activating group) is 1. The van der Waals surface area contributed by atoms with E-state index in [4.69, 9.17) is 4.74 Å². The van der Waals surface area contributed by atoms with Crippen LogP contribution in [0.5, 0.6) is 0 Å². The number of methoxy groups -OCH3 is 1. The van der Waals surface area contributed by atoms with Gasteiger partial charge in [-0.2, -0.15) is 0 Å². The first-order valence-corrected chi connectivity index (χ1v) is 15.3. The number of nitrogens with one attached hydrogen (secondary N) is 2. The average Bonchev–Trinajstić information content (AvgIpc) is 3.37. The largest absolute Gasteiger partial charge is 0.385 e. The van der Waals surface area contributed by atoms with Crippen LogP contribution in [0.3, 0.4) is 0 Å². The molecule has 0 spiro atoms. The Morgan fingerprint density at radius 2 is 2.00 bits per heavy atom. The quantitative estimate of drug-likeness (QED) is 0.300. The molecule has 1 aromatic carbocycles. The highest BCUT2D eigenvalue weighted by molar-refractivity contribution is 7.19. The fraction of sp³-hybridized carbons (Fsp3) is 0.700. The minimum absolute atomic E-state index is 0.0173. The molecule has 2 aliphatic rings. The van der Waals surface area contributed by atoms with E-state index in [0.717, 1.165) is 50.1 Å². The Labute approximate surface area is 227 Å². The second-order valence-electron chi connectivity index (χ2n) is 11.3. The van der Waals surface area contributed by atoms with Gasteiger partial charge in [-0.05, 0) is 69.0 Å². The van der Waals surface area contributed by atoms with Gasteiger partial charge in [0, 0.05) is 54.9 Å². The minimum Gasteiger partial charge on any atom is -0.385 e. The highest BCUT2D eigenvalue weighted by atomic mass is 32.1. The summed E-state index contributed by atoms with van der Waals surface area (Å²) in [5, 5.41) is 20.1. The molecule has 4 rings (SSSR count). The van der Waals surface area contributed by atoms with Crippen molar-refractivity contribution >= 4 is 27.5 Å². The number of carbonyl (C=O) groups is 1. The summed E-state index contributed by atoms with van der Waals surface area (Å²) in [5.74, 6) is 0.732. The number of likely N-dealkylation sites (tertiary alicyclic amines) is 1. The Morgan fingerprint density at radius 1 is 1.19 bits per heavy atom. The van der Waals surface area contributed by atoms with Crippen molar-refractivity contribution in [2.75, 3.05) is 40.4 Å². The van der Waals surface area contributed by atoms with Crippen LogP contribution < -0.4 is 10.6 Å². The molecule has 0 radical (unpaired) electrons. The molecule has 0 bridgehead atoms. The lowest BCUT2D eigenvalue weighted by molar-refractivity contribution is -0.0534. The normalized spacial score (nSPS) is 21.6.